The van der Waals surface area contributed by atoms with Gasteiger partial charge >= 0.3 is 0 Å². The fraction of sp³-hybridized carbons (Fsp3) is 0.550. The standard InChI is InChI=1S/C20H29N3O3/c1-3-11-21-18(24)10-12-22-19(25)17-5-4-13-23(14-17)20(26)16-8-6-15(2)7-9-16/h6-9,17H,3-5,10-14H2,1-2H3,(H,21,24)(H,22,25). The first-order valence-electron chi connectivity index (χ1n) is 9.41. The number of carbonyl (C=O) groups is 3. The molecule has 1 saturated heterocycles. The lowest BCUT2D eigenvalue weighted by atomic mass is 9.96. The Morgan fingerprint density at radius 2 is 1.85 bits per heavy atom. The van der Waals surface area contributed by atoms with E-state index in [1.165, 1.54) is 0 Å². The number of nitrogens with one attached hydrogen (secondary N) is 2. The average Bonchev–Trinajstić information content (AvgIpc) is 2.66. The van der Waals surface area contributed by atoms with E-state index in [9.17, 15) is 14.4 Å². The van der Waals surface area contributed by atoms with Crippen molar-refractivity contribution in [3.05, 3.63) is 35.4 Å². The molecule has 1 heterocycles. The van der Waals surface area contributed by atoms with E-state index < -0.39 is 0 Å². The highest BCUT2D eigenvalue weighted by molar-refractivity contribution is 5.94. The van der Waals surface area contributed by atoms with E-state index in [1.54, 1.807) is 4.90 Å². The molecule has 0 spiro atoms. The third-order valence-electron chi connectivity index (χ3n) is 4.60. The van der Waals surface area contributed by atoms with E-state index in [4.69, 9.17) is 0 Å². The molecule has 1 aromatic carbocycles. The number of piperidine rings is 1. The van der Waals surface area contributed by atoms with Crippen LogP contribution in [0.15, 0.2) is 24.3 Å². The Balaban J connectivity index is 1.81. The Bertz CT molecular complexity index is 628. The van der Waals surface area contributed by atoms with Gasteiger partial charge in [-0.1, -0.05) is 24.6 Å². The molecule has 1 fully saturated rings. The summed E-state index contributed by atoms with van der Waals surface area (Å²) in [5.74, 6) is -0.361. The summed E-state index contributed by atoms with van der Waals surface area (Å²) in [7, 11) is 0. The molecule has 6 nitrogen and oxygen atoms in total. The first-order valence-corrected chi connectivity index (χ1v) is 9.41. The van der Waals surface area contributed by atoms with E-state index in [0.717, 1.165) is 24.8 Å². The second kappa shape index (κ2) is 9.94. The molecule has 6 heteroatoms. The maximum Gasteiger partial charge on any atom is 0.253 e. The molecule has 1 aliphatic rings. The number of amides is 3. The van der Waals surface area contributed by atoms with Crippen molar-refractivity contribution >= 4 is 17.7 Å². The molecule has 142 valence electrons. The van der Waals surface area contributed by atoms with Gasteiger partial charge in [-0.05, 0) is 38.3 Å². The minimum Gasteiger partial charge on any atom is -0.356 e. The number of aryl methyl sites for hydroxylation is 1. The van der Waals surface area contributed by atoms with Crippen molar-refractivity contribution in [1.82, 2.24) is 15.5 Å². The van der Waals surface area contributed by atoms with Crippen LogP contribution in [-0.4, -0.2) is 48.8 Å². The van der Waals surface area contributed by atoms with Gasteiger partial charge in [-0.3, -0.25) is 14.4 Å². The number of carbonyl (C=O) groups excluding carboxylic acids is 3. The highest BCUT2D eigenvalue weighted by Crippen LogP contribution is 2.19. The van der Waals surface area contributed by atoms with Crippen molar-refractivity contribution in [3.63, 3.8) is 0 Å². The molecule has 26 heavy (non-hydrogen) atoms. The van der Waals surface area contributed by atoms with Crippen LogP contribution < -0.4 is 10.6 Å². The van der Waals surface area contributed by atoms with Gasteiger partial charge < -0.3 is 15.5 Å². The van der Waals surface area contributed by atoms with Crippen LogP contribution in [0.4, 0.5) is 0 Å². The summed E-state index contributed by atoms with van der Waals surface area (Å²) in [6.07, 6.45) is 2.76. The molecular formula is C20H29N3O3. The fourth-order valence-corrected chi connectivity index (χ4v) is 3.05. The van der Waals surface area contributed by atoms with Gasteiger partial charge in [0.15, 0.2) is 0 Å². The topological polar surface area (TPSA) is 78.5 Å². The van der Waals surface area contributed by atoms with Crippen LogP contribution in [-0.2, 0) is 9.59 Å². The molecule has 0 aliphatic carbocycles. The van der Waals surface area contributed by atoms with Crippen molar-refractivity contribution in [2.75, 3.05) is 26.2 Å². The third-order valence-corrected chi connectivity index (χ3v) is 4.60. The molecular weight excluding hydrogens is 330 g/mol. The lowest BCUT2D eigenvalue weighted by Crippen LogP contribution is -2.46. The van der Waals surface area contributed by atoms with Crippen LogP contribution in [0, 0.1) is 12.8 Å². The van der Waals surface area contributed by atoms with E-state index in [-0.39, 0.29) is 30.1 Å². The summed E-state index contributed by atoms with van der Waals surface area (Å²) in [6.45, 7) is 6.07. The number of rotatable bonds is 7. The van der Waals surface area contributed by atoms with Gasteiger partial charge in [0, 0.05) is 38.2 Å². The summed E-state index contributed by atoms with van der Waals surface area (Å²) in [5, 5.41) is 5.62. The van der Waals surface area contributed by atoms with Gasteiger partial charge in [-0.2, -0.15) is 0 Å². The molecule has 0 aromatic heterocycles. The molecule has 2 rings (SSSR count). The number of benzene rings is 1. The normalized spacial score (nSPS) is 16.8. The van der Waals surface area contributed by atoms with Crippen molar-refractivity contribution in [2.45, 2.75) is 39.5 Å². The van der Waals surface area contributed by atoms with Gasteiger partial charge in [0.2, 0.25) is 11.8 Å². The number of hydrogen-bond acceptors (Lipinski definition) is 3. The molecule has 1 aromatic rings. The van der Waals surface area contributed by atoms with E-state index in [0.29, 0.717) is 31.7 Å². The van der Waals surface area contributed by atoms with Crippen LogP contribution in [0.25, 0.3) is 0 Å². The van der Waals surface area contributed by atoms with Gasteiger partial charge in [-0.15, -0.1) is 0 Å². The van der Waals surface area contributed by atoms with Crippen molar-refractivity contribution < 1.29 is 14.4 Å². The first kappa shape index (κ1) is 19.9. The molecule has 3 amide bonds. The molecule has 1 unspecified atom stereocenters. The lowest BCUT2D eigenvalue weighted by molar-refractivity contribution is -0.126. The number of nitrogens with zero attached hydrogens (tertiary/aromatic N) is 1. The maximum absolute atomic E-state index is 12.6. The lowest BCUT2D eigenvalue weighted by Gasteiger charge is -2.32. The van der Waals surface area contributed by atoms with E-state index in [2.05, 4.69) is 10.6 Å². The zero-order chi connectivity index (χ0) is 18.9. The summed E-state index contributed by atoms with van der Waals surface area (Å²) in [5.41, 5.74) is 1.77. The van der Waals surface area contributed by atoms with Crippen molar-refractivity contribution in [3.8, 4) is 0 Å². The average molecular weight is 359 g/mol. The van der Waals surface area contributed by atoms with Gasteiger partial charge in [0.25, 0.3) is 5.91 Å². The van der Waals surface area contributed by atoms with E-state index in [1.807, 2.05) is 38.1 Å². The van der Waals surface area contributed by atoms with Crippen LogP contribution in [0.3, 0.4) is 0 Å². The SMILES string of the molecule is CCCNC(=O)CCNC(=O)C1CCCN(C(=O)c2ccc(C)cc2)C1. The minimum atomic E-state index is -0.211. The Hall–Kier alpha value is -2.37. The minimum absolute atomic E-state index is 0.0264. The summed E-state index contributed by atoms with van der Waals surface area (Å²) in [6, 6.07) is 7.50. The van der Waals surface area contributed by atoms with Crippen LogP contribution in [0.1, 0.15) is 48.5 Å². The van der Waals surface area contributed by atoms with E-state index >= 15 is 0 Å². The van der Waals surface area contributed by atoms with Crippen LogP contribution in [0.5, 0.6) is 0 Å². The van der Waals surface area contributed by atoms with Gasteiger partial charge in [0.1, 0.15) is 0 Å². The van der Waals surface area contributed by atoms with Crippen molar-refractivity contribution in [1.29, 1.82) is 0 Å². The Morgan fingerprint density at radius 1 is 1.12 bits per heavy atom. The number of hydrogen-bond donors (Lipinski definition) is 2. The quantitative estimate of drug-likeness (QED) is 0.780. The second-order valence-electron chi connectivity index (χ2n) is 6.85. The zero-order valence-corrected chi connectivity index (χ0v) is 15.7. The van der Waals surface area contributed by atoms with Crippen LogP contribution >= 0.6 is 0 Å². The molecule has 0 saturated carbocycles. The Kier molecular flexibility index (Phi) is 7.63. The van der Waals surface area contributed by atoms with Gasteiger partial charge in [0.05, 0.1) is 5.92 Å². The summed E-state index contributed by atoms with van der Waals surface area (Å²) >= 11 is 0. The Morgan fingerprint density at radius 3 is 2.54 bits per heavy atom. The summed E-state index contributed by atoms with van der Waals surface area (Å²) in [4.78, 5) is 38.3. The van der Waals surface area contributed by atoms with Crippen molar-refractivity contribution in [2.24, 2.45) is 5.92 Å². The highest BCUT2D eigenvalue weighted by atomic mass is 16.2. The molecule has 2 N–H and O–H groups in total. The molecule has 0 bridgehead atoms. The second-order valence-corrected chi connectivity index (χ2v) is 6.85. The zero-order valence-electron chi connectivity index (χ0n) is 15.7. The molecule has 1 atom stereocenters. The largest absolute Gasteiger partial charge is 0.356 e. The Labute approximate surface area is 155 Å². The fourth-order valence-electron chi connectivity index (χ4n) is 3.05. The predicted molar refractivity (Wildman–Crippen MR) is 101 cm³/mol. The monoisotopic (exact) mass is 359 g/mol. The third kappa shape index (κ3) is 5.86. The molecule has 0 radical (unpaired) electrons. The summed E-state index contributed by atoms with van der Waals surface area (Å²) < 4.78 is 0. The maximum atomic E-state index is 12.6. The van der Waals surface area contributed by atoms with Crippen LogP contribution in [0.2, 0.25) is 0 Å². The highest BCUT2D eigenvalue weighted by Gasteiger charge is 2.28. The first-order chi connectivity index (χ1) is 12.5. The smallest absolute Gasteiger partial charge is 0.253 e. The van der Waals surface area contributed by atoms with Gasteiger partial charge in [-0.25, -0.2) is 0 Å². The molecule has 1 aliphatic heterocycles. The number of likely N-dealkylation sites (tertiary alicyclic amines) is 1. The predicted octanol–water partition coefficient (Wildman–Crippen LogP) is 1.88.